The minimum absolute atomic E-state index is 0.115. The van der Waals surface area contributed by atoms with Crippen molar-refractivity contribution >= 4 is 46.1 Å². The summed E-state index contributed by atoms with van der Waals surface area (Å²) in [4.78, 5) is 29.0. The van der Waals surface area contributed by atoms with Gasteiger partial charge in [0.25, 0.3) is 11.5 Å². The van der Waals surface area contributed by atoms with Gasteiger partial charge in [-0.05, 0) is 31.4 Å². The van der Waals surface area contributed by atoms with E-state index in [1.54, 1.807) is 27.1 Å². The molecule has 1 aromatic heterocycles. The molecule has 8 heteroatoms. The topological polar surface area (TPSA) is 69.3 Å². The summed E-state index contributed by atoms with van der Waals surface area (Å²) in [6, 6.07) is 2.01. The van der Waals surface area contributed by atoms with Crippen molar-refractivity contribution in [3.63, 3.8) is 0 Å². The lowest BCUT2D eigenvalue weighted by Crippen LogP contribution is -2.31. The molecule has 0 aliphatic carbocycles. The summed E-state index contributed by atoms with van der Waals surface area (Å²) in [5.74, 6) is 0.606. The van der Waals surface area contributed by atoms with Crippen LogP contribution in [-0.2, 0) is 11.8 Å². The van der Waals surface area contributed by atoms with Gasteiger partial charge in [0, 0.05) is 32.7 Å². The van der Waals surface area contributed by atoms with Crippen LogP contribution in [-0.4, -0.2) is 39.8 Å². The smallest absolute Gasteiger partial charge is 0.270 e. The van der Waals surface area contributed by atoms with Crippen LogP contribution in [0.25, 0.3) is 6.08 Å². The number of pyridine rings is 1. The summed E-state index contributed by atoms with van der Waals surface area (Å²) in [6.07, 6.45) is 3.89. The van der Waals surface area contributed by atoms with Crippen molar-refractivity contribution in [2.45, 2.75) is 19.8 Å². The van der Waals surface area contributed by atoms with E-state index in [0.29, 0.717) is 14.8 Å². The number of amides is 1. The number of hydrogen-bond acceptors (Lipinski definition) is 6. The number of hydrogen-bond donors (Lipinski definition) is 0. The Bertz CT molecular complexity index is 905. The average molecular weight is 374 g/mol. The zero-order valence-corrected chi connectivity index (χ0v) is 16.0. The molecule has 2 fully saturated rings. The van der Waals surface area contributed by atoms with Crippen molar-refractivity contribution in [3.05, 3.63) is 31.9 Å². The third-order valence-corrected chi connectivity index (χ3v) is 6.12. The summed E-state index contributed by atoms with van der Waals surface area (Å²) >= 11 is 6.43. The van der Waals surface area contributed by atoms with E-state index in [2.05, 4.69) is 4.90 Å². The maximum atomic E-state index is 12.5. The number of nitrogens with zero attached hydrogens (tertiary/aromatic N) is 4. The number of rotatable bonds is 2. The van der Waals surface area contributed by atoms with Gasteiger partial charge < -0.3 is 4.90 Å². The van der Waals surface area contributed by atoms with Gasteiger partial charge in [-0.15, -0.1) is 0 Å². The Labute approximate surface area is 155 Å². The molecule has 2 aliphatic heterocycles. The summed E-state index contributed by atoms with van der Waals surface area (Å²) < 4.78 is 2.03. The van der Waals surface area contributed by atoms with Gasteiger partial charge in [-0.1, -0.05) is 24.0 Å². The molecule has 3 rings (SSSR count). The van der Waals surface area contributed by atoms with Crippen molar-refractivity contribution in [1.29, 1.82) is 5.26 Å². The average Bonchev–Trinajstić information content (AvgIpc) is 3.19. The number of carbonyl (C=O) groups is 1. The van der Waals surface area contributed by atoms with Gasteiger partial charge >= 0.3 is 0 Å². The van der Waals surface area contributed by atoms with Crippen molar-refractivity contribution in [2.75, 3.05) is 25.0 Å². The lowest BCUT2D eigenvalue weighted by molar-refractivity contribution is -0.121. The normalized spacial score (nSPS) is 19.2. The van der Waals surface area contributed by atoms with E-state index in [0.717, 1.165) is 37.3 Å². The third-order valence-electron chi connectivity index (χ3n) is 4.64. The van der Waals surface area contributed by atoms with E-state index in [4.69, 9.17) is 12.2 Å². The Balaban J connectivity index is 2.26. The number of carbonyl (C=O) groups excluding carboxylic acids is 1. The fraction of sp³-hybridized carbons (Fsp3) is 0.412. The van der Waals surface area contributed by atoms with E-state index >= 15 is 0 Å². The van der Waals surface area contributed by atoms with Crippen molar-refractivity contribution in [1.82, 2.24) is 9.47 Å². The van der Waals surface area contributed by atoms with Crippen molar-refractivity contribution in [3.8, 4) is 6.07 Å². The van der Waals surface area contributed by atoms with E-state index in [9.17, 15) is 14.9 Å². The third kappa shape index (κ3) is 2.87. The number of likely N-dealkylation sites (N-methyl/N-ethyl adjacent to an activating group) is 1. The van der Waals surface area contributed by atoms with E-state index in [1.807, 2.05) is 6.07 Å². The molecule has 2 saturated heterocycles. The molecule has 0 unspecified atom stereocenters. The van der Waals surface area contributed by atoms with Crippen LogP contribution in [0, 0.1) is 18.3 Å². The number of anilines is 1. The molecule has 0 N–H and O–H groups in total. The van der Waals surface area contributed by atoms with Crippen molar-refractivity contribution in [2.24, 2.45) is 7.05 Å². The van der Waals surface area contributed by atoms with Gasteiger partial charge in [-0.3, -0.25) is 19.1 Å². The second-order valence-electron chi connectivity index (χ2n) is 6.15. The molecule has 0 spiro atoms. The first-order valence-corrected chi connectivity index (χ1v) is 9.19. The standard InChI is InChI=1S/C17H18N4O2S2/c1-10-11(8-13-16(23)20(3)17(24)25-13)14(21-6-4-5-7-21)19(2)15(22)12(10)9-18/h8H,4-7H2,1-3H3/b13-8-. The zero-order chi connectivity index (χ0) is 18.3. The molecule has 1 amide bonds. The minimum Gasteiger partial charge on any atom is -0.357 e. The summed E-state index contributed by atoms with van der Waals surface area (Å²) in [7, 11) is 3.33. The van der Waals surface area contributed by atoms with Gasteiger partial charge in [0.1, 0.15) is 21.8 Å². The Morgan fingerprint density at radius 1 is 1.24 bits per heavy atom. The van der Waals surface area contributed by atoms with Crippen LogP contribution >= 0.6 is 24.0 Å². The Hall–Kier alpha value is -2.11. The second-order valence-corrected chi connectivity index (χ2v) is 7.82. The molecular weight excluding hydrogens is 356 g/mol. The van der Waals surface area contributed by atoms with Crippen LogP contribution < -0.4 is 10.5 Å². The zero-order valence-electron chi connectivity index (χ0n) is 14.3. The highest BCUT2D eigenvalue weighted by molar-refractivity contribution is 8.26. The monoisotopic (exact) mass is 374 g/mol. The fourth-order valence-electron chi connectivity index (χ4n) is 3.20. The SMILES string of the molecule is Cc1c(/C=C2\SC(=S)N(C)C2=O)c(N2CCCC2)n(C)c(=O)c1C#N. The van der Waals surface area contributed by atoms with Crippen LogP contribution in [0.4, 0.5) is 5.82 Å². The Kier molecular flexibility index (Phi) is 4.71. The van der Waals surface area contributed by atoms with Gasteiger partial charge in [0.15, 0.2) is 0 Å². The first-order valence-electron chi connectivity index (χ1n) is 7.97. The highest BCUT2D eigenvalue weighted by Gasteiger charge is 2.30. The number of aromatic nitrogens is 1. The predicted molar refractivity (Wildman–Crippen MR) is 104 cm³/mol. The van der Waals surface area contributed by atoms with Crippen LogP contribution in [0.15, 0.2) is 9.70 Å². The lowest BCUT2D eigenvalue weighted by atomic mass is 10.0. The maximum absolute atomic E-state index is 12.5. The molecule has 1 aromatic rings. The van der Waals surface area contributed by atoms with Crippen LogP contribution in [0.1, 0.15) is 29.5 Å². The molecule has 25 heavy (non-hydrogen) atoms. The molecule has 130 valence electrons. The highest BCUT2D eigenvalue weighted by atomic mass is 32.2. The Morgan fingerprint density at radius 2 is 1.88 bits per heavy atom. The lowest BCUT2D eigenvalue weighted by Gasteiger charge is -2.25. The van der Waals surface area contributed by atoms with Crippen molar-refractivity contribution < 1.29 is 4.79 Å². The van der Waals surface area contributed by atoms with E-state index < -0.39 is 0 Å². The van der Waals surface area contributed by atoms with E-state index in [-0.39, 0.29) is 17.0 Å². The molecule has 0 aromatic carbocycles. The van der Waals surface area contributed by atoms with Gasteiger partial charge in [0.2, 0.25) is 0 Å². The highest BCUT2D eigenvalue weighted by Crippen LogP contribution is 2.35. The molecule has 0 atom stereocenters. The number of thiocarbonyl (C=S) groups is 1. The predicted octanol–water partition coefficient (Wildman–Crippen LogP) is 2.00. The summed E-state index contributed by atoms with van der Waals surface area (Å²) in [5, 5.41) is 9.40. The fourth-order valence-corrected chi connectivity index (χ4v) is 4.36. The van der Waals surface area contributed by atoms with Crippen LogP contribution in [0.2, 0.25) is 0 Å². The molecule has 6 nitrogen and oxygen atoms in total. The van der Waals surface area contributed by atoms with Crippen LogP contribution in [0.3, 0.4) is 0 Å². The minimum atomic E-state index is -0.304. The molecule has 2 aliphatic rings. The van der Waals surface area contributed by atoms with Crippen LogP contribution in [0.5, 0.6) is 0 Å². The molecule has 0 radical (unpaired) electrons. The molecule has 3 heterocycles. The van der Waals surface area contributed by atoms with Gasteiger partial charge in [-0.25, -0.2) is 0 Å². The quantitative estimate of drug-likeness (QED) is 0.583. The Morgan fingerprint density at radius 3 is 2.40 bits per heavy atom. The summed E-state index contributed by atoms with van der Waals surface area (Å²) in [5.41, 5.74) is 1.16. The maximum Gasteiger partial charge on any atom is 0.270 e. The molecule has 0 bridgehead atoms. The number of nitriles is 1. The number of thioether (sulfide) groups is 1. The largest absolute Gasteiger partial charge is 0.357 e. The van der Waals surface area contributed by atoms with Gasteiger partial charge in [0.05, 0.1) is 4.91 Å². The first kappa shape index (κ1) is 17.7. The van der Waals surface area contributed by atoms with Gasteiger partial charge in [-0.2, -0.15) is 5.26 Å². The second kappa shape index (κ2) is 6.65. The summed E-state index contributed by atoms with van der Waals surface area (Å²) in [6.45, 7) is 3.47. The first-order chi connectivity index (χ1) is 11.9. The van der Waals surface area contributed by atoms with E-state index in [1.165, 1.54) is 21.2 Å². The molecule has 0 saturated carbocycles. The molecular formula is C17H18N4O2S2.